The summed E-state index contributed by atoms with van der Waals surface area (Å²) >= 11 is 16.2. The van der Waals surface area contributed by atoms with Crippen molar-refractivity contribution in [2.45, 2.75) is 31.6 Å². The number of benzene rings is 2. The maximum atomic E-state index is 13.2. The van der Waals surface area contributed by atoms with Crippen LogP contribution in [0, 0.1) is 0 Å². The van der Waals surface area contributed by atoms with Crippen LogP contribution in [0.2, 0.25) is 10.0 Å². The Balaban J connectivity index is 1.90. The molecule has 1 aliphatic heterocycles. The van der Waals surface area contributed by atoms with Crippen molar-refractivity contribution in [3.63, 3.8) is 0 Å². The molecule has 1 unspecified atom stereocenters. The number of rotatable bonds is 2. The van der Waals surface area contributed by atoms with Crippen molar-refractivity contribution < 1.29 is 9.59 Å². The number of ketones is 1. The molecule has 2 aromatic rings. The number of amides is 1. The van der Waals surface area contributed by atoms with Crippen LogP contribution in [0.5, 0.6) is 0 Å². The van der Waals surface area contributed by atoms with Crippen molar-refractivity contribution in [1.29, 1.82) is 0 Å². The van der Waals surface area contributed by atoms with Gasteiger partial charge >= 0.3 is 0 Å². The van der Waals surface area contributed by atoms with Crippen LogP contribution in [-0.4, -0.2) is 11.7 Å². The van der Waals surface area contributed by atoms with Gasteiger partial charge in [-0.15, -0.1) is 0 Å². The summed E-state index contributed by atoms with van der Waals surface area (Å²) in [6, 6.07) is 12.8. The zero-order valence-corrected chi connectivity index (χ0v) is 17.4. The van der Waals surface area contributed by atoms with E-state index in [2.05, 4.69) is 15.9 Å². The minimum absolute atomic E-state index is 0.0717. The summed E-state index contributed by atoms with van der Waals surface area (Å²) in [4.78, 5) is 27.7. The quantitative estimate of drug-likeness (QED) is 0.524. The van der Waals surface area contributed by atoms with Gasteiger partial charge in [0.2, 0.25) is 5.91 Å². The van der Waals surface area contributed by atoms with E-state index in [0.29, 0.717) is 34.1 Å². The average molecular weight is 465 g/mol. The van der Waals surface area contributed by atoms with Gasteiger partial charge in [0.05, 0.1) is 10.7 Å². The number of allylic oxidation sites excluding steroid dienone is 2. The van der Waals surface area contributed by atoms with E-state index in [9.17, 15) is 9.59 Å². The summed E-state index contributed by atoms with van der Waals surface area (Å²) in [5.41, 5.74) is 2.91. The van der Waals surface area contributed by atoms with Crippen LogP contribution in [0.15, 0.2) is 58.2 Å². The summed E-state index contributed by atoms with van der Waals surface area (Å²) in [6.45, 7) is 0. The fraction of sp³-hybridized carbons (Fsp3) is 0.238. The van der Waals surface area contributed by atoms with E-state index < -0.39 is 0 Å². The number of nitrogens with zero attached hydrogens (tertiary/aromatic N) is 1. The number of halogens is 3. The van der Waals surface area contributed by atoms with Crippen molar-refractivity contribution in [1.82, 2.24) is 0 Å². The van der Waals surface area contributed by atoms with Crippen LogP contribution < -0.4 is 4.90 Å². The lowest BCUT2D eigenvalue weighted by Crippen LogP contribution is -2.40. The summed E-state index contributed by atoms with van der Waals surface area (Å²) in [5.74, 6) is -0.288. The highest BCUT2D eigenvalue weighted by atomic mass is 79.9. The first kappa shape index (κ1) is 18.7. The average Bonchev–Trinajstić information content (AvgIpc) is 2.63. The van der Waals surface area contributed by atoms with Crippen molar-refractivity contribution in [3.05, 3.63) is 73.8 Å². The minimum atomic E-state index is -0.306. The predicted molar refractivity (Wildman–Crippen MR) is 111 cm³/mol. The number of anilines is 1. The Kier molecular flexibility index (Phi) is 5.15. The third kappa shape index (κ3) is 3.35. The molecule has 2 aliphatic rings. The molecule has 0 fully saturated rings. The van der Waals surface area contributed by atoms with E-state index in [1.165, 1.54) is 0 Å². The third-order valence-electron chi connectivity index (χ3n) is 5.11. The van der Waals surface area contributed by atoms with Gasteiger partial charge in [0.25, 0.3) is 0 Å². The second kappa shape index (κ2) is 7.42. The van der Waals surface area contributed by atoms with E-state index >= 15 is 0 Å². The van der Waals surface area contributed by atoms with Crippen molar-refractivity contribution in [2.75, 3.05) is 4.90 Å². The molecule has 1 heterocycles. The minimum Gasteiger partial charge on any atom is -0.294 e. The van der Waals surface area contributed by atoms with Gasteiger partial charge in [-0.1, -0.05) is 57.3 Å². The number of hydrogen-bond acceptors (Lipinski definition) is 2. The van der Waals surface area contributed by atoms with E-state index in [-0.39, 0.29) is 24.0 Å². The van der Waals surface area contributed by atoms with Gasteiger partial charge in [0.15, 0.2) is 5.78 Å². The lowest BCUT2D eigenvalue weighted by Gasteiger charge is -2.38. The maximum Gasteiger partial charge on any atom is 0.232 e. The molecule has 3 nitrogen and oxygen atoms in total. The second-order valence-electron chi connectivity index (χ2n) is 6.74. The standard InChI is InChI=1S/C21H16BrCl2NO2/c22-12-8-9-17(16(24)10-12)25-18-6-3-7-19(26)21(18)14(11-20(25)27)13-4-1-2-5-15(13)23/h1-2,4-5,8-10,14H,3,6-7,11H2. The van der Waals surface area contributed by atoms with Gasteiger partial charge in [-0.2, -0.15) is 0 Å². The molecule has 0 aromatic heterocycles. The van der Waals surface area contributed by atoms with Gasteiger partial charge in [0, 0.05) is 39.5 Å². The molecule has 138 valence electrons. The molecule has 0 saturated carbocycles. The maximum absolute atomic E-state index is 13.2. The fourth-order valence-corrected chi connectivity index (χ4v) is 4.98. The molecule has 6 heteroatoms. The number of carbonyl (C=O) groups is 2. The van der Waals surface area contributed by atoms with Crippen molar-refractivity contribution in [2.24, 2.45) is 0 Å². The Morgan fingerprint density at radius 2 is 1.78 bits per heavy atom. The number of hydrogen-bond donors (Lipinski definition) is 0. The highest BCUT2D eigenvalue weighted by Gasteiger charge is 2.40. The van der Waals surface area contributed by atoms with Crippen LogP contribution in [0.3, 0.4) is 0 Å². The molecule has 0 bridgehead atoms. The highest BCUT2D eigenvalue weighted by Crippen LogP contribution is 2.46. The van der Waals surface area contributed by atoms with Gasteiger partial charge in [-0.3, -0.25) is 14.5 Å². The number of Topliss-reactive ketones (excluding diaryl/α,β-unsaturated/α-hetero) is 1. The van der Waals surface area contributed by atoms with Crippen LogP contribution in [-0.2, 0) is 9.59 Å². The predicted octanol–water partition coefficient (Wildman–Crippen LogP) is 6.28. The number of carbonyl (C=O) groups excluding carboxylic acids is 2. The monoisotopic (exact) mass is 463 g/mol. The summed E-state index contributed by atoms with van der Waals surface area (Å²) < 4.78 is 0.837. The molecule has 4 rings (SSSR count). The van der Waals surface area contributed by atoms with E-state index in [4.69, 9.17) is 23.2 Å². The Labute approximate surface area is 176 Å². The molecule has 1 amide bonds. The second-order valence-corrected chi connectivity index (χ2v) is 8.47. The Morgan fingerprint density at radius 3 is 2.52 bits per heavy atom. The van der Waals surface area contributed by atoms with Gasteiger partial charge < -0.3 is 0 Å². The molecule has 27 heavy (non-hydrogen) atoms. The zero-order chi connectivity index (χ0) is 19.1. The topological polar surface area (TPSA) is 37.4 Å². The normalized spacial score (nSPS) is 20.1. The van der Waals surface area contributed by atoms with Crippen LogP contribution in [0.25, 0.3) is 0 Å². The SMILES string of the molecule is O=C1CCCC2=C1C(c1ccccc1Cl)CC(=O)N2c1ccc(Br)cc1Cl. The molecular formula is C21H16BrCl2NO2. The largest absolute Gasteiger partial charge is 0.294 e. The summed E-state index contributed by atoms with van der Waals surface area (Å²) in [5, 5.41) is 1.05. The highest BCUT2D eigenvalue weighted by molar-refractivity contribution is 9.10. The Hall–Kier alpha value is -1.62. The van der Waals surface area contributed by atoms with Crippen LogP contribution in [0.4, 0.5) is 5.69 Å². The van der Waals surface area contributed by atoms with Crippen molar-refractivity contribution in [3.8, 4) is 0 Å². The van der Waals surface area contributed by atoms with E-state index in [0.717, 1.165) is 22.2 Å². The fourth-order valence-electron chi connectivity index (χ4n) is 3.96. The molecular weight excluding hydrogens is 449 g/mol. The van der Waals surface area contributed by atoms with Gasteiger partial charge in [0.1, 0.15) is 0 Å². The summed E-state index contributed by atoms with van der Waals surface area (Å²) in [7, 11) is 0. The first-order chi connectivity index (χ1) is 13.0. The first-order valence-corrected chi connectivity index (χ1v) is 10.3. The van der Waals surface area contributed by atoms with E-state index in [1.54, 1.807) is 17.0 Å². The van der Waals surface area contributed by atoms with Gasteiger partial charge in [-0.25, -0.2) is 0 Å². The molecule has 0 spiro atoms. The van der Waals surface area contributed by atoms with Crippen LogP contribution >= 0.6 is 39.1 Å². The first-order valence-electron chi connectivity index (χ1n) is 8.76. The molecule has 0 N–H and O–H groups in total. The van der Waals surface area contributed by atoms with Gasteiger partial charge in [-0.05, 0) is 42.7 Å². The smallest absolute Gasteiger partial charge is 0.232 e. The molecule has 2 aromatic carbocycles. The molecule has 0 saturated heterocycles. The lowest BCUT2D eigenvalue weighted by atomic mass is 9.77. The molecule has 0 radical (unpaired) electrons. The lowest BCUT2D eigenvalue weighted by molar-refractivity contribution is -0.119. The molecule has 1 aliphatic carbocycles. The van der Waals surface area contributed by atoms with Crippen molar-refractivity contribution >= 4 is 56.5 Å². The third-order valence-corrected chi connectivity index (χ3v) is 6.25. The Bertz CT molecular complexity index is 986. The zero-order valence-electron chi connectivity index (χ0n) is 14.3. The van der Waals surface area contributed by atoms with E-state index in [1.807, 2.05) is 30.3 Å². The molecule has 1 atom stereocenters. The summed E-state index contributed by atoms with van der Waals surface area (Å²) in [6.07, 6.45) is 2.08. The Morgan fingerprint density at radius 1 is 1.00 bits per heavy atom. The van der Waals surface area contributed by atoms with Crippen LogP contribution in [0.1, 0.15) is 37.2 Å².